The molecule has 0 saturated heterocycles. The third-order valence-corrected chi connectivity index (χ3v) is 3.30. The molecule has 0 aliphatic rings. The molecule has 0 aliphatic carbocycles. The van der Waals surface area contributed by atoms with Crippen LogP contribution in [0.25, 0.3) is 0 Å². The van der Waals surface area contributed by atoms with Gasteiger partial charge < -0.3 is 14.8 Å². The van der Waals surface area contributed by atoms with Crippen molar-refractivity contribution in [3.05, 3.63) is 53.6 Å². The first kappa shape index (κ1) is 17.8. The van der Waals surface area contributed by atoms with Crippen LogP contribution in [0.5, 0.6) is 11.5 Å². The van der Waals surface area contributed by atoms with Crippen molar-refractivity contribution < 1.29 is 14.3 Å². The topological polar surface area (TPSA) is 71.6 Å². The lowest BCUT2D eigenvalue weighted by Crippen LogP contribution is -2.45. The summed E-state index contributed by atoms with van der Waals surface area (Å²) in [5.74, 6) is 0.921. The molecule has 2 aromatic rings. The summed E-state index contributed by atoms with van der Waals surface area (Å²) < 4.78 is 10.4. The van der Waals surface area contributed by atoms with Crippen molar-refractivity contribution in [2.24, 2.45) is 0 Å². The van der Waals surface area contributed by atoms with Crippen LogP contribution in [0.15, 0.2) is 48.5 Å². The molecule has 2 aromatic carbocycles. The van der Waals surface area contributed by atoms with Crippen molar-refractivity contribution in [2.75, 3.05) is 19.0 Å². The Balaban J connectivity index is 1.70. The zero-order valence-electron chi connectivity index (χ0n) is 12.8. The molecule has 0 aliphatic heterocycles. The normalized spacial score (nSPS) is 9.75. The number of rotatable bonds is 5. The molecule has 0 radical (unpaired) electrons. The van der Waals surface area contributed by atoms with E-state index >= 15 is 0 Å². The minimum absolute atomic E-state index is 0.153. The molecule has 126 valence electrons. The minimum Gasteiger partial charge on any atom is -0.497 e. The highest BCUT2D eigenvalue weighted by Crippen LogP contribution is 2.15. The molecule has 3 N–H and O–H groups in total. The smallest absolute Gasteiger partial charge is 0.276 e. The number of halogens is 1. The van der Waals surface area contributed by atoms with Crippen LogP contribution < -0.4 is 25.6 Å². The summed E-state index contributed by atoms with van der Waals surface area (Å²) in [6, 6.07) is 13.9. The predicted octanol–water partition coefficient (Wildman–Crippen LogP) is 2.75. The average molecular weight is 366 g/mol. The summed E-state index contributed by atoms with van der Waals surface area (Å²) >= 11 is 10.9. The molecule has 24 heavy (non-hydrogen) atoms. The van der Waals surface area contributed by atoms with Crippen LogP contribution in [0.1, 0.15) is 0 Å². The van der Waals surface area contributed by atoms with E-state index in [9.17, 15) is 4.79 Å². The van der Waals surface area contributed by atoms with E-state index in [0.717, 1.165) is 11.4 Å². The average Bonchev–Trinajstić information content (AvgIpc) is 2.60. The maximum absolute atomic E-state index is 11.7. The fourth-order valence-electron chi connectivity index (χ4n) is 1.68. The van der Waals surface area contributed by atoms with E-state index in [4.69, 9.17) is 33.3 Å². The SMILES string of the molecule is COc1ccc(NC(=S)NNC(=O)COc2ccc(Cl)cc2)cc1. The van der Waals surface area contributed by atoms with Gasteiger partial charge in [-0.3, -0.25) is 15.6 Å². The molecule has 6 nitrogen and oxygen atoms in total. The summed E-state index contributed by atoms with van der Waals surface area (Å²) in [6.45, 7) is -0.153. The highest BCUT2D eigenvalue weighted by atomic mass is 35.5. The monoisotopic (exact) mass is 365 g/mol. The van der Waals surface area contributed by atoms with Crippen molar-refractivity contribution in [2.45, 2.75) is 0 Å². The Labute approximate surface area is 150 Å². The van der Waals surface area contributed by atoms with Gasteiger partial charge in [0.2, 0.25) is 0 Å². The molecule has 1 amide bonds. The molecule has 0 atom stereocenters. The number of ether oxygens (including phenoxy) is 2. The van der Waals surface area contributed by atoms with Crippen LogP contribution in [0.3, 0.4) is 0 Å². The molecule has 0 fully saturated rings. The van der Waals surface area contributed by atoms with Gasteiger partial charge in [0.25, 0.3) is 5.91 Å². The van der Waals surface area contributed by atoms with Crippen LogP contribution in [0.4, 0.5) is 5.69 Å². The van der Waals surface area contributed by atoms with Gasteiger partial charge in [-0.2, -0.15) is 0 Å². The zero-order valence-corrected chi connectivity index (χ0v) is 14.4. The molecule has 0 unspecified atom stereocenters. The Kier molecular flexibility index (Phi) is 6.65. The lowest BCUT2D eigenvalue weighted by atomic mass is 10.3. The maximum Gasteiger partial charge on any atom is 0.276 e. The van der Waals surface area contributed by atoms with Crippen molar-refractivity contribution in [1.29, 1.82) is 0 Å². The predicted molar refractivity (Wildman–Crippen MR) is 97.4 cm³/mol. The lowest BCUT2D eigenvalue weighted by molar-refractivity contribution is -0.123. The number of carbonyl (C=O) groups is 1. The Morgan fingerprint density at radius 2 is 1.67 bits per heavy atom. The number of carbonyl (C=O) groups excluding carboxylic acids is 1. The quantitative estimate of drug-likeness (QED) is 0.559. The Hall–Kier alpha value is -2.51. The minimum atomic E-state index is -0.371. The molecule has 0 bridgehead atoms. The molecule has 0 aromatic heterocycles. The number of hydrogen-bond donors (Lipinski definition) is 3. The van der Waals surface area contributed by atoms with Crippen LogP contribution >= 0.6 is 23.8 Å². The van der Waals surface area contributed by atoms with E-state index in [-0.39, 0.29) is 17.6 Å². The number of anilines is 1. The second-order valence-corrected chi connectivity index (χ2v) is 5.44. The number of nitrogens with one attached hydrogen (secondary N) is 3. The second kappa shape index (κ2) is 8.95. The van der Waals surface area contributed by atoms with Gasteiger partial charge in [-0.05, 0) is 60.7 Å². The number of thiocarbonyl (C=S) groups is 1. The second-order valence-electron chi connectivity index (χ2n) is 4.60. The number of amides is 1. The van der Waals surface area contributed by atoms with Gasteiger partial charge in [0, 0.05) is 10.7 Å². The summed E-state index contributed by atoms with van der Waals surface area (Å²) in [6.07, 6.45) is 0. The highest BCUT2D eigenvalue weighted by molar-refractivity contribution is 7.80. The lowest BCUT2D eigenvalue weighted by Gasteiger charge is -2.12. The first-order valence-corrected chi connectivity index (χ1v) is 7.73. The summed E-state index contributed by atoms with van der Waals surface area (Å²) in [7, 11) is 1.59. The fraction of sp³-hybridized carbons (Fsp3) is 0.125. The highest BCUT2D eigenvalue weighted by Gasteiger charge is 2.04. The van der Waals surface area contributed by atoms with Gasteiger partial charge in [-0.25, -0.2) is 0 Å². The van der Waals surface area contributed by atoms with Crippen LogP contribution in [0, 0.1) is 0 Å². The standard InChI is InChI=1S/C16H16ClN3O3S/c1-22-13-8-4-12(5-9-13)18-16(24)20-19-15(21)10-23-14-6-2-11(17)3-7-14/h2-9H,10H2,1H3,(H,19,21)(H2,18,20,24). The van der Waals surface area contributed by atoms with Gasteiger partial charge in [0.15, 0.2) is 11.7 Å². The van der Waals surface area contributed by atoms with E-state index in [1.165, 1.54) is 0 Å². The summed E-state index contributed by atoms with van der Waals surface area (Å²) in [4.78, 5) is 11.7. The van der Waals surface area contributed by atoms with Gasteiger partial charge in [-0.1, -0.05) is 11.6 Å². The van der Waals surface area contributed by atoms with Gasteiger partial charge in [0.05, 0.1) is 7.11 Å². The molecule has 0 saturated carbocycles. The zero-order chi connectivity index (χ0) is 17.4. The fourth-order valence-corrected chi connectivity index (χ4v) is 1.97. The van der Waals surface area contributed by atoms with Gasteiger partial charge in [-0.15, -0.1) is 0 Å². The van der Waals surface area contributed by atoms with Crippen LogP contribution in [-0.4, -0.2) is 24.7 Å². The largest absolute Gasteiger partial charge is 0.497 e. The molecule has 8 heteroatoms. The third-order valence-electron chi connectivity index (χ3n) is 2.85. The third kappa shape index (κ3) is 5.94. The van der Waals surface area contributed by atoms with Crippen LogP contribution in [-0.2, 0) is 4.79 Å². The Morgan fingerprint density at radius 1 is 1.04 bits per heavy atom. The Bertz CT molecular complexity index is 693. The molecular weight excluding hydrogens is 350 g/mol. The van der Waals surface area contributed by atoms with Crippen molar-refractivity contribution in [1.82, 2.24) is 10.9 Å². The van der Waals surface area contributed by atoms with Crippen molar-refractivity contribution in [3.8, 4) is 11.5 Å². The van der Waals surface area contributed by atoms with Gasteiger partial charge >= 0.3 is 0 Å². The van der Waals surface area contributed by atoms with E-state index < -0.39 is 0 Å². The number of methoxy groups -OCH3 is 1. The van der Waals surface area contributed by atoms with Crippen LogP contribution in [0.2, 0.25) is 5.02 Å². The number of hydrogen-bond acceptors (Lipinski definition) is 4. The van der Waals surface area contributed by atoms with E-state index in [1.807, 2.05) is 0 Å². The molecule has 0 spiro atoms. The Morgan fingerprint density at radius 3 is 2.29 bits per heavy atom. The van der Waals surface area contributed by atoms with E-state index in [1.54, 1.807) is 55.6 Å². The van der Waals surface area contributed by atoms with Crippen molar-refractivity contribution >= 4 is 40.5 Å². The first-order valence-electron chi connectivity index (χ1n) is 6.95. The molecule has 0 heterocycles. The van der Waals surface area contributed by atoms with Crippen molar-refractivity contribution in [3.63, 3.8) is 0 Å². The summed E-state index contributed by atoms with van der Waals surface area (Å²) in [5.41, 5.74) is 5.80. The number of hydrazine groups is 1. The van der Waals surface area contributed by atoms with E-state index in [0.29, 0.717) is 10.8 Å². The number of benzene rings is 2. The maximum atomic E-state index is 11.7. The molecule has 2 rings (SSSR count). The summed E-state index contributed by atoms with van der Waals surface area (Å²) in [5, 5.41) is 3.77. The van der Waals surface area contributed by atoms with E-state index in [2.05, 4.69) is 16.2 Å². The van der Waals surface area contributed by atoms with Gasteiger partial charge in [0.1, 0.15) is 11.5 Å². The molecular formula is C16H16ClN3O3S. The first-order chi connectivity index (χ1) is 11.6.